The fourth-order valence-electron chi connectivity index (χ4n) is 0.873. The van der Waals surface area contributed by atoms with Crippen molar-refractivity contribution in [2.75, 3.05) is 19.8 Å². The summed E-state index contributed by atoms with van der Waals surface area (Å²) in [5.41, 5.74) is 4.85. The molecule has 0 aliphatic rings. The van der Waals surface area contributed by atoms with Gasteiger partial charge in [-0.2, -0.15) is 0 Å². The molecule has 1 aromatic rings. The van der Waals surface area contributed by atoms with Gasteiger partial charge in [-0.15, -0.1) is 0 Å². The molecule has 82 valence electrons. The van der Waals surface area contributed by atoms with Gasteiger partial charge < -0.3 is 15.8 Å². The van der Waals surface area contributed by atoms with Crippen LogP contribution in [0, 0.1) is 0 Å². The van der Waals surface area contributed by atoms with E-state index in [0.29, 0.717) is 6.54 Å². The average Bonchev–Trinajstić information content (AvgIpc) is 2.69. The van der Waals surface area contributed by atoms with Crippen LogP contribution in [0.3, 0.4) is 0 Å². The molecule has 7 heteroatoms. The molecule has 0 spiro atoms. The van der Waals surface area contributed by atoms with Crippen LogP contribution in [0.5, 0.6) is 0 Å². The third-order valence-electron chi connectivity index (χ3n) is 1.51. The van der Waals surface area contributed by atoms with Crippen molar-refractivity contribution in [2.24, 2.45) is 5.73 Å². The Bertz CT molecular complexity index is 323. The Labute approximate surface area is 86.2 Å². The van der Waals surface area contributed by atoms with Crippen molar-refractivity contribution in [3.63, 3.8) is 0 Å². The fourth-order valence-corrected chi connectivity index (χ4v) is 0.873. The number of primary amides is 1. The summed E-state index contributed by atoms with van der Waals surface area (Å²) in [6, 6.07) is -0.296. The molecule has 3 N–H and O–H groups in total. The number of nitrogens with one attached hydrogen (secondary N) is 1. The van der Waals surface area contributed by atoms with Gasteiger partial charge in [-0.25, -0.2) is 9.78 Å². The monoisotopic (exact) mass is 212 g/mol. The van der Waals surface area contributed by atoms with Crippen LogP contribution in [0.1, 0.15) is 0 Å². The summed E-state index contributed by atoms with van der Waals surface area (Å²) in [7, 11) is 0. The smallest absolute Gasteiger partial charge is 0.326 e. The lowest BCUT2D eigenvalue weighted by Crippen LogP contribution is -2.31. The Kier molecular flexibility index (Phi) is 4.30. The predicted molar refractivity (Wildman–Crippen MR) is 51.0 cm³/mol. The Morgan fingerprint density at radius 2 is 2.33 bits per heavy atom. The Morgan fingerprint density at radius 3 is 2.93 bits per heavy atom. The zero-order valence-electron chi connectivity index (χ0n) is 8.05. The van der Waals surface area contributed by atoms with Crippen molar-refractivity contribution >= 4 is 11.9 Å². The molecule has 0 unspecified atom stereocenters. The first kappa shape index (κ1) is 11.2. The van der Waals surface area contributed by atoms with Gasteiger partial charge in [0.1, 0.15) is 12.9 Å². The van der Waals surface area contributed by atoms with E-state index in [-0.39, 0.29) is 19.2 Å². The van der Waals surface area contributed by atoms with Crippen molar-refractivity contribution in [3.8, 4) is 0 Å². The van der Waals surface area contributed by atoms with Gasteiger partial charge in [-0.1, -0.05) is 0 Å². The van der Waals surface area contributed by atoms with E-state index in [0.717, 1.165) is 0 Å². The highest BCUT2D eigenvalue weighted by Crippen LogP contribution is 1.84. The molecular weight excluding hydrogens is 200 g/mol. The number of amides is 2. The summed E-state index contributed by atoms with van der Waals surface area (Å²) in [5.74, 6) is -0.532. The standard InChI is InChI=1S/C8H12N4O3/c9-7(13)5-15-4-2-11-8(14)12-3-1-10-6-12/h1,3,6H,2,4-5H2,(H2,9,13)(H,11,14). The molecule has 7 nitrogen and oxygen atoms in total. The number of nitrogens with two attached hydrogens (primary N) is 1. The number of nitrogens with zero attached hydrogens (tertiary/aromatic N) is 2. The number of hydrogen-bond acceptors (Lipinski definition) is 4. The first-order chi connectivity index (χ1) is 7.20. The minimum Gasteiger partial charge on any atom is -0.370 e. The summed E-state index contributed by atoms with van der Waals surface area (Å²) < 4.78 is 6.15. The van der Waals surface area contributed by atoms with Crippen LogP contribution in [0.2, 0.25) is 0 Å². The van der Waals surface area contributed by atoms with Gasteiger partial charge in [0.2, 0.25) is 5.91 Å². The summed E-state index contributed by atoms with van der Waals surface area (Å²) >= 11 is 0. The van der Waals surface area contributed by atoms with E-state index < -0.39 is 5.91 Å². The summed E-state index contributed by atoms with van der Waals surface area (Å²) in [6.07, 6.45) is 4.42. The Hall–Kier alpha value is -1.89. The molecule has 0 bridgehead atoms. The van der Waals surface area contributed by atoms with Gasteiger partial charge in [-0.3, -0.25) is 9.36 Å². The van der Waals surface area contributed by atoms with Crippen molar-refractivity contribution < 1.29 is 14.3 Å². The predicted octanol–water partition coefficient (Wildman–Crippen LogP) is -1.06. The first-order valence-electron chi connectivity index (χ1n) is 4.32. The van der Waals surface area contributed by atoms with Crippen molar-refractivity contribution in [3.05, 3.63) is 18.7 Å². The number of carbonyl (C=O) groups is 2. The van der Waals surface area contributed by atoms with Crippen LogP contribution in [-0.4, -0.2) is 41.2 Å². The maximum atomic E-state index is 11.3. The second-order valence-electron chi connectivity index (χ2n) is 2.72. The maximum absolute atomic E-state index is 11.3. The number of imidazole rings is 1. The molecule has 0 atom stereocenters. The summed E-state index contributed by atoms with van der Waals surface area (Å²) in [5, 5.41) is 2.57. The highest BCUT2D eigenvalue weighted by Gasteiger charge is 2.01. The summed E-state index contributed by atoms with van der Waals surface area (Å²) in [4.78, 5) is 25.3. The van der Waals surface area contributed by atoms with E-state index in [1.165, 1.54) is 23.3 Å². The molecule has 0 aromatic carbocycles. The quantitative estimate of drug-likeness (QED) is 0.608. The number of aromatic nitrogens is 2. The lowest BCUT2D eigenvalue weighted by atomic mass is 10.6. The highest BCUT2D eigenvalue weighted by atomic mass is 16.5. The van der Waals surface area contributed by atoms with E-state index in [1.54, 1.807) is 0 Å². The lowest BCUT2D eigenvalue weighted by Gasteiger charge is -2.04. The largest absolute Gasteiger partial charge is 0.370 e. The molecule has 15 heavy (non-hydrogen) atoms. The van der Waals surface area contributed by atoms with Crippen LogP contribution in [0.4, 0.5) is 4.79 Å². The lowest BCUT2D eigenvalue weighted by molar-refractivity contribution is -0.122. The van der Waals surface area contributed by atoms with Gasteiger partial charge >= 0.3 is 6.03 Å². The van der Waals surface area contributed by atoms with Crippen molar-refractivity contribution in [1.82, 2.24) is 14.9 Å². The minimum absolute atomic E-state index is 0.138. The molecule has 0 radical (unpaired) electrons. The van der Waals surface area contributed by atoms with Crippen molar-refractivity contribution in [1.29, 1.82) is 0 Å². The topological polar surface area (TPSA) is 99.2 Å². The first-order valence-corrected chi connectivity index (χ1v) is 4.32. The fraction of sp³-hybridized carbons (Fsp3) is 0.375. The number of rotatable bonds is 5. The van der Waals surface area contributed by atoms with Crippen LogP contribution in [0.15, 0.2) is 18.7 Å². The van der Waals surface area contributed by atoms with E-state index in [4.69, 9.17) is 10.5 Å². The van der Waals surface area contributed by atoms with E-state index in [9.17, 15) is 9.59 Å². The third kappa shape index (κ3) is 4.23. The van der Waals surface area contributed by atoms with Gasteiger partial charge in [0.15, 0.2) is 0 Å². The zero-order chi connectivity index (χ0) is 11.1. The third-order valence-corrected chi connectivity index (χ3v) is 1.51. The molecule has 1 heterocycles. The SMILES string of the molecule is NC(=O)COCCNC(=O)n1ccnc1. The normalized spacial score (nSPS) is 9.87. The Morgan fingerprint density at radius 1 is 1.53 bits per heavy atom. The van der Waals surface area contributed by atoms with E-state index >= 15 is 0 Å². The molecule has 0 fully saturated rings. The van der Waals surface area contributed by atoms with E-state index in [2.05, 4.69) is 10.3 Å². The van der Waals surface area contributed by atoms with Gasteiger partial charge in [0.05, 0.1) is 6.61 Å². The molecular formula is C8H12N4O3. The maximum Gasteiger partial charge on any atom is 0.326 e. The van der Waals surface area contributed by atoms with Gasteiger partial charge in [0.25, 0.3) is 0 Å². The molecule has 1 rings (SSSR count). The van der Waals surface area contributed by atoms with Gasteiger partial charge in [0, 0.05) is 18.9 Å². The molecule has 0 saturated carbocycles. The molecule has 0 saturated heterocycles. The van der Waals surface area contributed by atoms with Crippen LogP contribution in [0.25, 0.3) is 0 Å². The Balaban J connectivity index is 2.10. The van der Waals surface area contributed by atoms with E-state index in [1.807, 2.05) is 0 Å². The minimum atomic E-state index is -0.532. The number of hydrogen-bond donors (Lipinski definition) is 2. The highest BCUT2D eigenvalue weighted by molar-refractivity contribution is 5.76. The molecule has 1 aromatic heterocycles. The summed E-state index contributed by atoms with van der Waals surface area (Å²) in [6.45, 7) is 0.411. The van der Waals surface area contributed by atoms with Crippen molar-refractivity contribution in [2.45, 2.75) is 0 Å². The average molecular weight is 212 g/mol. The second kappa shape index (κ2) is 5.76. The molecule has 2 amide bonds. The van der Waals surface area contributed by atoms with Crippen LogP contribution >= 0.6 is 0 Å². The van der Waals surface area contributed by atoms with Crippen LogP contribution in [-0.2, 0) is 9.53 Å². The van der Waals surface area contributed by atoms with Gasteiger partial charge in [-0.05, 0) is 0 Å². The molecule has 0 aliphatic heterocycles. The zero-order valence-corrected chi connectivity index (χ0v) is 8.05. The second-order valence-corrected chi connectivity index (χ2v) is 2.72. The van der Waals surface area contributed by atoms with Crippen LogP contribution < -0.4 is 11.1 Å². The number of ether oxygens (including phenoxy) is 1. The number of carbonyl (C=O) groups excluding carboxylic acids is 2. The molecule has 0 aliphatic carbocycles.